The molecule has 0 saturated carbocycles. The number of nitrogens with zero attached hydrogens (tertiary/aromatic N) is 1. The Morgan fingerprint density at radius 1 is 0.339 bits per heavy atom. The lowest BCUT2D eigenvalue weighted by Crippen LogP contribution is -2.79. The summed E-state index contributed by atoms with van der Waals surface area (Å²) in [5, 5.41) is 5.71. The fraction of sp³-hybridized carbons (Fsp3) is 0.0182. The van der Waals surface area contributed by atoms with E-state index >= 15 is 0 Å². The lowest BCUT2D eigenvalue weighted by Gasteiger charge is -2.51. The molecule has 3 aliphatic rings. The molecule has 0 radical (unpaired) electrons. The molecule has 59 heavy (non-hydrogen) atoms. The summed E-state index contributed by atoms with van der Waals surface area (Å²) in [7, 11) is -2.87. The number of hydrogen-bond acceptors (Lipinski definition) is 3. The lowest BCUT2D eigenvalue weighted by molar-refractivity contribution is 0.707. The molecule has 0 aliphatic carbocycles. The highest BCUT2D eigenvalue weighted by Gasteiger charge is 2.57. The molecule has 3 aliphatic heterocycles. The first-order chi connectivity index (χ1) is 29.3. The van der Waals surface area contributed by atoms with Crippen LogP contribution in [0.5, 0.6) is 0 Å². The second kappa shape index (κ2) is 13.6. The van der Waals surface area contributed by atoms with Crippen LogP contribution in [0.15, 0.2) is 244 Å². The number of fused-ring (bicyclic) bond motifs is 10. The van der Waals surface area contributed by atoms with E-state index < -0.39 is 13.5 Å². The van der Waals surface area contributed by atoms with Crippen molar-refractivity contribution in [2.24, 2.45) is 0 Å². The fourth-order valence-corrected chi connectivity index (χ4v) is 17.8. The van der Waals surface area contributed by atoms with Gasteiger partial charge in [-0.3, -0.25) is 0 Å². The van der Waals surface area contributed by atoms with Gasteiger partial charge >= 0.3 is 0 Å². The third kappa shape index (κ3) is 5.01. The summed E-state index contributed by atoms with van der Waals surface area (Å²) in [5.41, 5.74) is 11.0. The Morgan fingerprint density at radius 2 is 0.780 bits per heavy atom. The lowest BCUT2D eigenvalue weighted by atomic mass is 9.64. The summed E-state index contributed by atoms with van der Waals surface area (Å²) < 4.78 is 0. The van der Waals surface area contributed by atoms with Crippen molar-refractivity contribution in [2.45, 2.75) is 25.0 Å². The van der Waals surface area contributed by atoms with Gasteiger partial charge in [0, 0.05) is 25.3 Å². The van der Waals surface area contributed by atoms with Gasteiger partial charge in [-0.25, -0.2) is 0 Å². The average Bonchev–Trinajstić information content (AvgIpc) is 3.31. The summed E-state index contributed by atoms with van der Waals surface area (Å²) in [6.45, 7) is 0. The summed E-state index contributed by atoms with van der Waals surface area (Å²) in [5.74, 6) is 0. The van der Waals surface area contributed by atoms with Gasteiger partial charge in [0.25, 0.3) is 0 Å². The van der Waals surface area contributed by atoms with E-state index in [2.05, 4.69) is 229 Å². The van der Waals surface area contributed by atoms with E-state index in [0.717, 1.165) is 5.69 Å². The van der Waals surface area contributed by atoms with Crippen molar-refractivity contribution < 1.29 is 0 Å². The van der Waals surface area contributed by atoms with Gasteiger partial charge in [0.1, 0.15) is 0 Å². The molecular formula is C55H37NS2Si. The maximum atomic E-state index is 2.57. The number of hydrogen-bond donors (Lipinski definition) is 0. The molecule has 0 aromatic heterocycles. The largest absolute Gasteiger partial charge is 0.308 e. The third-order valence-electron chi connectivity index (χ3n) is 12.7. The van der Waals surface area contributed by atoms with E-state index in [4.69, 9.17) is 0 Å². The standard InChI is InChI=1S/C55H37NS2Si/c1-3-17-41(18-4-1)59(42-19-5-2-6-20-42)53-30-16-9-23-45(53)55(43-21-7-12-26-49(43)57-50-27-13-8-22-44(50)55)46-37-39(33-36-54(46)59)38-31-34-40(35-32-38)56-47-24-10-14-28-51(47)58-52-29-15-11-25-48(52)56/h1-37H. The number of rotatable bonds is 4. The van der Waals surface area contributed by atoms with E-state index in [-0.39, 0.29) is 0 Å². The maximum absolute atomic E-state index is 2.87. The first kappa shape index (κ1) is 34.7. The van der Waals surface area contributed by atoms with Gasteiger partial charge in [0.15, 0.2) is 8.07 Å². The molecule has 4 heteroatoms. The van der Waals surface area contributed by atoms with Crippen molar-refractivity contribution in [1.29, 1.82) is 0 Å². The monoisotopic (exact) mass is 803 g/mol. The summed E-state index contributed by atoms with van der Waals surface area (Å²) in [4.78, 5) is 7.58. The van der Waals surface area contributed by atoms with Gasteiger partial charge in [-0.1, -0.05) is 193 Å². The van der Waals surface area contributed by atoms with Crippen molar-refractivity contribution >= 4 is 69.4 Å². The van der Waals surface area contributed by atoms with Crippen molar-refractivity contribution in [3.8, 4) is 11.1 Å². The van der Waals surface area contributed by atoms with E-state index in [1.54, 1.807) is 0 Å². The first-order valence-corrected chi connectivity index (χ1v) is 23.9. The Bertz CT molecular complexity index is 2940. The molecular weight excluding hydrogens is 767 g/mol. The molecule has 9 aromatic carbocycles. The minimum absolute atomic E-state index is 0.529. The van der Waals surface area contributed by atoms with Gasteiger partial charge < -0.3 is 4.90 Å². The minimum Gasteiger partial charge on any atom is -0.308 e. The number of para-hydroxylation sites is 2. The van der Waals surface area contributed by atoms with Crippen LogP contribution in [0.2, 0.25) is 0 Å². The predicted octanol–water partition coefficient (Wildman–Crippen LogP) is 11.8. The van der Waals surface area contributed by atoms with E-state index in [1.807, 2.05) is 23.5 Å². The predicted molar refractivity (Wildman–Crippen MR) is 250 cm³/mol. The van der Waals surface area contributed by atoms with Crippen LogP contribution in [0.3, 0.4) is 0 Å². The summed E-state index contributed by atoms with van der Waals surface area (Å²) >= 11 is 3.75. The molecule has 1 spiro atoms. The van der Waals surface area contributed by atoms with Crippen LogP contribution in [0.1, 0.15) is 22.3 Å². The van der Waals surface area contributed by atoms with Gasteiger partial charge in [-0.2, -0.15) is 0 Å². The molecule has 0 amide bonds. The minimum atomic E-state index is -2.87. The Kier molecular flexibility index (Phi) is 8.03. The van der Waals surface area contributed by atoms with Crippen molar-refractivity contribution in [3.05, 3.63) is 247 Å². The number of anilines is 3. The average molecular weight is 804 g/mol. The SMILES string of the molecule is c1ccc([Si]2(c3ccccc3)c3ccccc3C3(c4ccccc4Sc4ccccc43)c3cc(-c4ccc(N5c6ccccc6Sc6ccccc65)cc4)ccc32)cc1. The quantitative estimate of drug-likeness (QED) is 0.163. The van der Waals surface area contributed by atoms with Crippen LogP contribution >= 0.6 is 23.5 Å². The summed E-state index contributed by atoms with van der Waals surface area (Å²) in [6, 6.07) is 84.8. The Hall–Kier alpha value is -6.30. The van der Waals surface area contributed by atoms with Crippen molar-refractivity contribution in [1.82, 2.24) is 0 Å². The topological polar surface area (TPSA) is 3.24 Å². The zero-order chi connectivity index (χ0) is 39.0. The molecule has 0 fully saturated rings. The van der Waals surface area contributed by atoms with E-state index in [1.165, 1.54) is 85.1 Å². The van der Waals surface area contributed by atoms with Crippen LogP contribution in [0.4, 0.5) is 17.1 Å². The van der Waals surface area contributed by atoms with Crippen LogP contribution in [0, 0.1) is 0 Å². The second-order valence-electron chi connectivity index (χ2n) is 15.6. The molecule has 0 saturated heterocycles. The first-order valence-electron chi connectivity index (χ1n) is 20.3. The van der Waals surface area contributed by atoms with Crippen LogP contribution in [-0.4, -0.2) is 8.07 Å². The van der Waals surface area contributed by atoms with E-state index in [9.17, 15) is 0 Å². The molecule has 0 N–H and O–H groups in total. The van der Waals surface area contributed by atoms with Crippen LogP contribution in [-0.2, 0) is 5.41 Å². The van der Waals surface area contributed by atoms with Crippen LogP contribution in [0.25, 0.3) is 11.1 Å². The smallest absolute Gasteiger partial charge is 0.180 e. The molecule has 0 unspecified atom stereocenters. The normalized spacial score (nSPS) is 14.9. The second-order valence-corrected chi connectivity index (χ2v) is 21.5. The molecule has 3 heterocycles. The molecule has 1 nitrogen and oxygen atoms in total. The zero-order valence-corrected chi connectivity index (χ0v) is 34.8. The summed E-state index contributed by atoms with van der Waals surface area (Å²) in [6.07, 6.45) is 0. The van der Waals surface area contributed by atoms with Gasteiger partial charge in [-0.15, -0.1) is 0 Å². The molecule has 9 aromatic rings. The molecule has 278 valence electrons. The van der Waals surface area contributed by atoms with Gasteiger partial charge in [0.2, 0.25) is 0 Å². The third-order valence-corrected chi connectivity index (χ3v) is 19.8. The highest BCUT2D eigenvalue weighted by Crippen LogP contribution is 2.57. The van der Waals surface area contributed by atoms with Gasteiger partial charge in [0.05, 0.1) is 16.8 Å². The van der Waals surface area contributed by atoms with Crippen molar-refractivity contribution in [2.75, 3.05) is 4.90 Å². The fourth-order valence-electron chi connectivity index (χ4n) is 10.3. The Labute approximate surface area is 355 Å². The Balaban J connectivity index is 1.14. The van der Waals surface area contributed by atoms with Gasteiger partial charge in [-0.05, 0) is 109 Å². The molecule has 0 bridgehead atoms. The maximum Gasteiger partial charge on any atom is 0.180 e. The highest BCUT2D eigenvalue weighted by molar-refractivity contribution is 8.00. The number of benzene rings is 9. The molecule has 0 atom stereocenters. The molecule has 12 rings (SSSR count). The highest BCUT2D eigenvalue weighted by atomic mass is 32.2. The van der Waals surface area contributed by atoms with Crippen molar-refractivity contribution in [3.63, 3.8) is 0 Å². The van der Waals surface area contributed by atoms with Crippen LogP contribution < -0.4 is 25.6 Å². The van der Waals surface area contributed by atoms with E-state index in [0.29, 0.717) is 0 Å². The Morgan fingerprint density at radius 3 is 1.37 bits per heavy atom. The zero-order valence-electron chi connectivity index (χ0n) is 32.1.